The lowest BCUT2D eigenvalue weighted by Gasteiger charge is -2.10. The lowest BCUT2D eigenvalue weighted by Crippen LogP contribution is -2.32. The van der Waals surface area contributed by atoms with Crippen LogP contribution in [-0.2, 0) is 4.79 Å². The fourth-order valence-electron chi connectivity index (χ4n) is 1.34. The third-order valence-electron chi connectivity index (χ3n) is 2.37. The Kier molecular flexibility index (Phi) is 6.02. The van der Waals surface area contributed by atoms with Crippen LogP contribution in [0.5, 0.6) is 0 Å². The second kappa shape index (κ2) is 7.28. The van der Waals surface area contributed by atoms with Gasteiger partial charge in [0.15, 0.2) is 0 Å². The molecule has 19 heavy (non-hydrogen) atoms. The molecule has 1 aromatic rings. The molecule has 0 aliphatic heterocycles. The Balaban J connectivity index is 2.55. The van der Waals surface area contributed by atoms with E-state index in [2.05, 4.69) is 20.6 Å². The van der Waals surface area contributed by atoms with Gasteiger partial charge in [-0.05, 0) is 5.92 Å². The molecule has 0 radical (unpaired) electrons. The zero-order valence-electron chi connectivity index (χ0n) is 11.8. The lowest BCUT2D eigenvalue weighted by molar-refractivity contribution is -0.119. The van der Waals surface area contributed by atoms with Gasteiger partial charge in [-0.2, -0.15) is 0 Å². The molecular weight excluding hydrogens is 264 g/mol. The molecule has 1 heterocycles. The zero-order valence-corrected chi connectivity index (χ0v) is 12.6. The van der Waals surface area contributed by atoms with E-state index < -0.39 is 0 Å². The average Bonchev–Trinajstić information content (AvgIpc) is 2.33. The van der Waals surface area contributed by atoms with Gasteiger partial charge in [0, 0.05) is 18.5 Å². The fourth-order valence-corrected chi connectivity index (χ4v) is 1.53. The second-order valence-corrected chi connectivity index (χ2v) is 5.53. The minimum absolute atomic E-state index is 0.0606. The summed E-state index contributed by atoms with van der Waals surface area (Å²) in [4.78, 5) is 20.0. The Labute approximate surface area is 119 Å². The van der Waals surface area contributed by atoms with Gasteiger partial charge in [0.1, 0.15) is 16.8 Å². The summed E-state index contributed by atoms with van der Waals surface area (Å²) in [7, 11) is 0. The molecule has 6 heteroatoms. The van der Waals surface area contributed by atoms with Crippen LogP contribution in [0.15, 0.2) is 6.07 Å². The molecule has 1 aromatic heterocycles. The number of carbonyl (C=O) groups excluding carboxylic acids is 1. The highest BCUT2D eigenvalue weighted by atomic mass is 35.5. The van der Waals surface area contributed by atoms with Crippen molar-refractivity contribution in [1.29, 1.82) is 0 Å². The first-order valence-electron chi connectivity index (χ1n) is 6.43. The molecular formula is C13H21ClN4O. The molecule has 0 saturated carbocycles. The zero-order chi connectivity index (χ0) is 14.4. The van der Waals surface area contributed by atoms with E-state index in [1.165, 1.54) is 0 Å². The van der Waals surface area contributed by atoms with Crippen LogP contribution in [0.2, 0.25) is 5.15 Å². The van der Waals surface area contributed by atoms with Gasteiger partial charge in [-0.25, -0.2) is 9.97 Å². The van der Waals surface area contributed by atoms with Gasteiger partial charge in [0.2, 0.25) is 5.91 Å². The summed E-state index contributed by atoms with van der Waals surface area (Å²) >= 11 is 5.92. The second-order valence-electron chi connectivity index (χ2n) is 5.14. The molecule has 0 aliphatic rings. The molecule has 5 nitrogen and oxygen atoms in total. The maximum Gasteiger partial charge on any atom is 0.239 e. The minimum Gasteiger partial charge on any atom is -0.361 e. The number of amides is 1. The van der Waals surface area contributed by atoms with Crippen LogP contribution >= 0.6 is 11.6 Å². The van der Waals surface area contributed by atoms with E-state index in [4.69, 9.17) is 11.6 Å². The van der Waals surface area contributed by atoms with Gasteiger partial charge in [-0.1, -0.05) is 39.3 Å². The van der Waals surface area contributed by atoms with Gasteiger partial charge < -0.3 is 10.6 Å². The SMILES string of the molecule is CC(C)CNC(=O)CNc1cc(Cl)nc(C(C)C)n1. The van der Waals surface area contributed by atoms with E-state index in [0.29, 0.717) is 29.3 Å². The van der Waals surface area contributed by atoms with Crippen molar-refractivity contribution in [3.63, 3.8) is 0 Å². The molecule has 0 aromatic carbocycles. The van der Waals surface area contributed by atoms with Crippen molar-refractivity contribution < 1.29 is 4.79 Å². The van der Waals surface area contributed by atoms with Crippen LogP contribution in [0.3, 0.4) is 0 Å². The fraction of sp³-hybridized carbons (Fsp3) is 0.615. The van der Waals surface area contributed by atoms with E-state index >= 15 is 0 Å². The summed E-state index contributed by atoms with van der Waals surface area (Å²) in [6.45, 7) is 8.93. The predicted octanol–water partition coefficient (Wildman–Crippen LogP) is 2.44. The number of hydrogen-bond donors (Lipinski definition) is 2. The summed E-state index contributed by atoms with van der Waals surface area (Å²) in [6, 6.07) is 1.61. The number of nitrogens with one attached hydrogen (secondary N) is 2. The third-order valence-corrected chi connectivity index (χ3v) is 2.56. The summed E-state index contributed by atoms with van der Waals surface area (Å²) in [5.41, 5.74) is 0. The van der Waals surface area contributed by atoms with E-state index in [1.54, 1.807) is 6.07 Å². The number of anilines is 1. The Morgan fingerprint density at radius 1 is 1.32 bits per heavy atom. The summed E-state index contributed by atoms with van der Waals surface area (Å²) in [5.74, 6) is 1.80. The summed E-state index contributed by atoms with van der Waals surface area (Å²) in [6.07, 6.45) is 0. The summed E-state index contributed by atoms with van der Waals surface area (Å²) in [5, 5.41) is 6.16. The van der Waals surface area contributed by atoms with E-state index in [1.807, 2.05) is 27.7 Å². The molecule has 0 unspecified atom stereocenters. The molecule has 0 atom stereocenters. The lowest BCUT2D eigenvalue weighted by atomic mass is 10.2. The monoisotopic (exact) mass is 284 g/mol. The van der Waals surface area contributed by atoms with E-state index in [0.717, 1.165) is 0 Å². The highest BCUT2D eigenvalue weighted by Gasteiger charge is 2.08. The third kappa shape index (κ3) is 5.87. The van der Waals surface area contributed by atoms with Gasteiger partial charge in [0.25, 0.3) is 0 Å². The van der Waals surface area contributed by atoms with E-state index in [-0.39, 0.29) is 18.4 Å². The van der Waals surface area contributed by atoms with Crippen LogP contribution in [0.4, 0.5) is 5.82 Å². The van der Waals surface area contributed by atoms with Gasteiger partial charge in [0.05, 0.1) is 6.54 Å². The van der Waals surface area contributed by atoms with Crippen molar-refractivity contribution in [2.75, 3.05) is 18.4 Å². The first-order chi connectivity index (χ1) is 8.88. The number of rotatable bonds is 6. The van der Waals surface area contributed by atoms with Crippen molar-refractivity contribution in [1.82, 2.24) is 15.3 Å². The standard InChI is InChI=1S/C13H21ClN4O/c1-8(2)6-16-12(19)7-15-11-5-10(14)17-13(18-11)9(3)4/h5,8-9H,6-7H2,1-4H3,(H,16,19)(H,15,17,18). The molecule has 0 spiro atoms. The quantitative estimate of drug-likeness (QED) is 0.788. The molecule has 1 rings (SSSR count). The van der Waals surface area contributed by atoms with Gasteiger partial charge in [-0.15, -0.1) is 0 Å². The average molecular weight is 285 g/mol. The molecule has 0 saturated heterocycles. The Hall–Kier alpha value is -1.36. The Morgan fingerprint density at radius 2 is 2.00 bits per heavy atom. The number of carbonyl (C=O) groups is 1. The van der Waals surface area contributed by atoms with Crippen LogP contribution in [-0.4, -0.2) is 29.0 Å². The number of nitrogens with zero attached hydrogens (tertiary/aromatic N) is 2. The molecule has 0 bridgehead atoms. The van der Waals surface area contributed by atoms with Crippen molar-refractivity contribution in [2.45, 2.75) is 33.6 Å². The number of halogens is 1. The molecule has 2 N–H and O–H groups in total. The first-order valence-corrected chi connectivity index (χ1v) is 6.81. The Morgan fingerprint density at radius 3 is 2.58 bits per heavy atom. The Bertz CT molecular complexity index is 435. The van der Waals surface area contributed by atoms with Crippen LogP contribution in [0.25, 0.3) is 0 Å². The number of aromatic nitrogens is 2. The largest absolute Gasteiger partial charge is 0.361 e. The van der Waals surface area contributed by atoms with Crippen molar-refractivity contribution in [3.8, 4) is 0 Å². The molecule has 0 fully saturated rings. The van der Waals surface area contributed by atoms with Crippen molar-refractivity contribution >= 4 is 23.3 Å². The number of hydrogen-bond acceptors (Lipinski definition) is 4. The molecule has 0 aliphatic carbocycles. The van der Waals surface area contributed by atoms with Crippen LogP contribution in [0.1, 0.15) is 39.4 Å². The molecule has 1 amide bonds. The summed E-state index contributed by atoms with van der Waals surface area (Å²) < 4.78 is 0. The first kappa shape index (κ1) is 15.7. The maximum absolute atomic E-state index is 11.6. The minimum atomic E-state index is -0.0606. The van der Waals surface area contributed by atoms with Gasteiger partial charge in [-0.3, -0.25) is 4.79 Å². The van der Waals surface area contributed by atoms with E-state index in [9.17, 15) is 4.79 Å². The van der Waals surface area contributed by atoms with Crippen LogP contribution < -0.4 is 10.6 Å². The van der Waals surface area contributed by atoms with Gasteiger partial charge >= 0.3 is 0 Å². The topological polar surface area (TPSA) is 66.9 Å². The maximum atomic E-state index is 11.6. The van der Waals surface area contributed by atoms with Crippen LogP contribution in [0, 0.1) is 5.92 Å². The molecule has 106 valence electrons. The van der Waals surface area contributed by atoms with Crippen molar-refractivity contribution in [2.24, 2.45) is 5.92 Å². The highest BCUT2D eigenvalue weighted by Crippen LogP contribution is 2.16. The smallest absolute Gasteiger partial charge is 0.239 e. The van der Waals surface area contributed by atoms with Crippen molar-refractivity contribution in [3.05, 3.63) is 17.0 Å². The highest BCUT2D eigenvalue weighted by molar-refractivity contribution is 6.29. The predicted molar refractivity (Wildman–Crippen MR) is 77.5 cm³/mol. The normalized spacial score (nSPS) is 10.9.